The van der Waals surface area contributed by atoms with Crippen molar-refractivity contribution in [1.29, 1.82) is 0 Å². The molecule has 3 rings (SSSR count). The molecule has 0 saturated carbocycles. The van der Waals surface area contributed by atoms with Crippen LogP contribution in [0.15, 0.2) is 41.3 Å². The highest BCUT2D eigenvalue weighted by Gasteiger charge is 2.14. The van der Waals surface area contributed by atoms with Crippen LogP contribution in [-0.2, 0) is 16.1 Å². The van der Waals surface area contributed by atoms with E-state index in [0.717, 1.165) is 0 Å². The van der Waals surface area contributed by atoms with Gasteiger partial charge < -0.3 is 9.30 Å². The molecule has 0 unspecified atom stereocenters. The Kier molecular flexibility index (Phi) is 4.16. The zero-order chi connectivity index (χ0) is 17.3. The fraction of sp³-hybridized carbons (Fsp3) is 0.235. The molecular weight excluding hydrogens is 313 g/mol. The number of rotatable bonds is 4. The molecule has 2 heterocycles. The van der Waals surface area contributed by atoms with E-state index in [1.807, 2.05) is 0 Å². The second-order valence-electron chi connectivity index (χ2n) is 5.32. The molecule has 0 aliphatic heterocycles. The van der Waals surface area contributed by atoms with E-state index in [1.54, 1.807) is 36.7 Å². The summed E-state index contributed by atoms with van der Waals surface area (Å²) in [4.78, 5) is 28.4. The minimum absolute atomic E-state index is 0.0384. The van der Waals surface area contributed by atoms with E-state index in [-0.39, 0.29) is 24.5 Å². The average Bonchev–Trinajstić information content (AvgIpc) is 2.98. The van der Waals surface area contributed by atoms with Crippen LogP contribution < -0.4 is 5.56 Å². The van der Waals surface area contributed by atoms with Gasteiger partial charge in [0.2, 0.25) is 5.78 Å². The van der Waals surface area contributed by atoms with Gasteiger partial charge in [0.25, 0.3) is 5.56 Å². The van der Waals surface area contributed by atoms with E-state index in [4.69, 9.17) is 4.74 Å². The molecule has 0 N–H and O–H groups in total. The number of esters is 1. The van der Waals surface area contributed by atoms with Crippen LogP contribution in [0.5, 0.6) is 0 Å². The minimum Gasteiger partial charge on any atom is -0.465 e. The van der Waals surface area contributed by atoms with Gasteiger partial charge in [0.1, 0.15) is 12.4 Å². The number of aromatic nitrogens is 3. The molecule has 3 aromatic rings. The molecule has 0 spiro atoms. The number of carbonyl (C=O) groups excluding carboxylic acids is 1. The first-order valence-electron chi connectivity index (χ1n) is 7.50. The lowest BCUT2D eigenvalue weighted by Gasteiger charge is -2.10. The zero-order valence-electron chi connectivity index (χ0n) is 13.3. The number of imidazole rings is 1. The summed E-state index contributed by atoms with van der Waals surface area (Å²) in [7, 11) is 0. The molecule has 0 fully saturated rings. The topological polar surface area (TPSA) is 65.6 Å². The van der Waals surface area contributed by atoms with Gasteiger partial charge in [-0.05, 0) is 38.1 Å². The van der Waals surface area contributed by atoms with Crippen LogP contribution in [0.25, 0.3) is 17.0 Å². The van der Waals surface area contributed by atoms with Crippen LogP contribution in [-0.4, -0.2) is 26.5 Å². The van der Waals surface area contributed by atoms with Gasteiger partial charge in [-0.25, -0.2) is 9.37 Å². The van der Waals surface area contributed by atoms with Gasteiger partial charge in [-0.15, -0.1) is 0 Å². The summed E-state index contributed by atoms with van der Waals surface area (Å²) in [6.45, 7) is 3.70. The molecule has 6 nitrogen and oxygen atoms in total. The minimum atomic E-state index is -0.405. The number of hydrogen-bond acceptors (Lipinski definition) is 4. The van der Waals surface area contributed by atoms with Gasteiger partial charge in [-0.2, -0.15) is 0 Å². The number of nitrogens with zero attached hydrogens (tertiary/aromatic N) is 3. The average molecular weight is 329 g/mol. The van der Waals surface area contributed by atoms with Crippen LogP contribution >= 0.6 is 0 Å². The molecule has 0 bridgehead atoms. The summed E-state index contributed by atoms with van der Waals surface area (Å²) >= 11 is 0. The predicted molar refractivity (Wildman–Crippen MR) is 86.2 cm³/mol. The third kappa shape index (κ3) is 2.92. The van der Waals surface area contributed by atoms with Crippen LogP contribution in [0.1, 0.15) is 12.6 Å². The Morgan fingerprint density at radius 1 is 1.29 bits per heavy atom. The molecule has 1 aromatic carbocycles. The van der Waals surface area contributed by atoms with Crippen molar-refractivity contribution >= 4 is 11.7 Å². The normalized spacial score (nSPS) is 11.0. The Morgan fingerprint density at radius 2 is 2.00 bits per heavy atom. The summed E-state index contributed by atoms with van der Waals surface area (Å²) in [5, 5.41) is 0. The summed E-state index contributed by atoms with van der Waals surface area (Å²) < 4.78 is 21.0. The first kappa shape index (κ1) is 15.9. The summed E-state index contributed by atoms with van der Waals surface area (Å²) in [5.41, 5.74) is 1.57. The maximum atomic E-state index is 13.1. The Bertz CT molecular complexity index is 958. The quantitative estimate of drug-likeness (QED) is 0.688. The second-order valence-corrected chi connectivity index (χ2v) is 5.32. The highest BCUT2D eigenvalue weighted by Crippen LogP contribution is 2.19. The predicted octanol–water partition coefficient (Wildman–Crippen LogP) is 2.17. The van der Waals surface area contributed by atoms with Crippen molar-refractivity contribution in [3.8, 4) is 11.3 Å². The van der Waals surface area contributed by atoms with Gasteiger partial charge in [-0.1, -0.05) is 0 Å². The van der Waals surface area contributed by atoms with Crippen molar-refractivity contribution in [2.75, 3.05) is 6.61 Å². The molecule has 24 heavy (non-hydrogen) atoms. The largest absolute Gasteiger partial charge is 0.465 e. The van der Waals surface area contributed by atoms with E-state index in [9.17, 15) is 14.0 Å². The number of aryl methyl sites for hydroxylation is 1. The van der Waals surface area contributed by atoms with Crippen LogP contribution in [0.2, 0.25) is 0 Å². The smallest absolute Gasteiger partial charge is 0.326 e. The van der Waals surface area contributed by atoms with E-state index >= 15 is 0 Å². The van der Waals surface area contributed by atoms with Crippen molar-refractivity contribution in [1.82, 2.24) is 14.0 Å². The first-order chi connectivity index (χ1) is 11.5. The standard InChI is InChI=1S/C17H16FN3O3/c1-3-24-16(23)10-20-11(2)8-15(22)21-9-14(19-17(20)21)12-4-6-13(18)7-5-12/h4-9H,3,10H2,1-2H3. The monoisotopic (exact) mass is 329 g/mol. The Balaban J connectivity index is 2.13. The molecular formula is C17H16FN3O3. The van der Waals surface area contributed by atoms with Crippen LogP contribution in [0.3, 0.4) is 0 Å². The van der Waals surface area contributed by atoms with Gasteiger partial charge in [0.15, 0.2) is 0 Å². The molecule has 0 amide bonds. The fourth-order valence-electron chi connectivity index (χ4n) is 2.50. The van der Waals surface area contributed by atoms with Crippen molar-refractivity contribution in [3.05, 3.63) is 58.4 Å². The second kappa shape index (κ2) is 6.27. The highest BCUT2D eigenvalue weighted by molar-refractivity contribution is 5.70. The lowest BCUT2D eigenvalue weighted by Crippen LogP contribution is -2.22. The number of benzene rings is 1. The number of fused-ring (bicyclic) bond motifs is 1. The molecule has 7 heteroatoms. The first-order valence-corrected chi connectivity index (χ1v) is 7.50. The Labute approximate surface area is 137 Å². The van der Waals surface area contributed by atoms with Crippen molar-refractivity contribution in [2.24, 2.45) is 0 Å². The van der Waals surface area contributed by atoms with Gasteiger partial charge in [0.05, 0.1) is 12.3 Å². The highest BCUT2D eigenvalue weighted by atomic mass is 19.1. The molecule has 0 atom stereocenters. The number of carbonyl (C=O) groups is 1. The van der Waals surface area contributed by atoms with E-state index in [2.05, 4.69) is 4.98 Å². The molecule has 0 radical (unpaired) electrons. The SMILES string of the molecule is CCOC(=O)Cn1c(C)cc(=O)n2cc(-c3ccc(F)cc3)nc12. The maximum Gasteiger partial charge on any atom is 0.326 e. The van der Waals surface area contributed by atoms with E-state index in [0.29, 0.717) is 22.7 Å². The lowest BCUT2D eigenvalue weighted by molar-refractivity contribution is -0.143. The van der Waals surface area contributed by atoms with Gasteiger partial charge in [-0.3, -0.25) is 14.0 Å². The molecule has 124 valence electrons. The molecule has 0 aliphatic carbocycles. The van der Waals surface area contributed by atoms with E-state index < -0.39 is 5.97 Å². The summed E-state index contributed by atoms with van der Waals surface area (Å²) in [6.07, 6.45) is 1.58. The lowest BCUT2D eigenvalue weighted by atomic mass is 10.2. The number of ether oxygens (including phenoxy) is 1. The van der Waals surface area contributed by atoms with E-state index in [1.165, 1.54) is 22.6 Å². The van der Waals surface area contributed by atoms with Crippen molar-refractivity contribution in [3.63, 3.8) is 0 Å². The third-order valence-electron chi connectivity index (χ3n) is 3.66. The van der Waals surface area contributed by atoms with Crippen molar-refractivity contribution < 1.29 is 13.9 Å². The molecule has 0 saturated heterocycles. The van der Waals surface area contributed by atoms with Crippen LogP contribution in [0.4, 0.5) is 4.39 Å². The maximum absolute atomic E-state index is 13.1. The summed E-state index contributed by atoms with van der Waals surface area (Å²) in [5.74, 6) is -0.412. The van der Waals surface area contributed by atoms with Gasteiger partial charge in [0, 0.05) is 23.5 Å². The number of halogens is 1. The van der Waals surface area contributed by atoms with Gasteiger partial charge >= 0.3 is 5.97 Å². The summed E-state index contributed by atoms with van der Waals surface area (Å²) in [6, 6.07) is 7.27. The Morgan fingerprint density at radius 3 is 2.67 bits per heavy atom. The Hall–Kier alpha value is -2.96. The fourth-order valence-corrected chi connectivity index (χ4v) is 2.50. The van der Waals surface area contributed by atoms with Crippen LogP contribution in [0, 0.1) is 12.7 Å². The third-order valence-corrected chi connectivity index (χ3v) is 3.66. The van der Waals surface area contributed by atoms with Crippen molar-refractivity contribution in [2.45, 2.75) is 20.4 Å². The molecule has 2 aromatic heterocycles. The zero-order valence-corrected chi connectivity index (χ0v) is 13.3. The number of hydrogen-bond donors (Lipinski definition) is 0. The molecule has 0 aliphatic rings.